The van der Waals surface area contributed by atoms with Crippen LogP contribution in [0.1, 0.15) is 10.4 Å². The van der Waals surface area contributed by atoms with Crippen molar-refractivity contribution in [2.24, 2.45) is 0 Å². The maximum atomic E-state index is 12.4. The van der Waals surface area contributed by atoms with E-state index in [1.807, 2.05) is 18.2 Å². The van der Waals surface area contributed by atoms with E-state index in [0.717, 1.165) is 32.2 Å². The van der Waals surface area contributed by atoms with Crippen LogP contribution in [0, 0.1) is 10.1 Å². The molecule has 2 aromatic carbocycles. The van der Waals surface area contributed by atoms with E-state index >= 15 is 0 Å². The molecule has 10 heteroatoms. The van der Waals surface area contributed by atoms with Crippen molar-refractivity contribution in [3.8, 4) is 0 Å². The Bertz CT molecular complexity index is 1090. The first kappa shape index (κ1) is 20.5. The zero-order chi connectivity index (χ0) is 21.8. The molecule has 1 saturated heterocycles. The van der Waals surface area contributed by atoms with Crippen LogP contribution in [0.2, 0.25) is 5.02 Å². The SMILES string of the molecule is O=C(Nc1cnc(N2CCN(c3ccccc3)CC2)nc1)c1ccc([N+](=O)[O-])cc1Cl. The Morgan fingerprint density at radius 2 is 1.65 bits per heavy atom. The summed E-state index contributed by atoms with van der Waals surface area (Å²) in [4.78, 5) is 35.8. The molecule has 0 aliphatic carbocycles. The smallest absolute Gasteiger partial charge is 0.270 e. The molecule has 0 radical (unpaired) electrons. The molecule has 1 N–H and O–H groups in total. The van der Waals surface area contributed by atoms with Crippen LogP contribution in [-0.4, -0.2) is 47.0 Å². The lowest BCUT2D eigenvalue weighted by molar-refractivity contribution is -0.384. The van der Waals surface area contributed by atoms with E-state index in [2.05, 4.69) is 37.2 Å². The number of carbonyl (C=O) groups excluding carboxylic acids is 1. The number of rotatable bonds is 5. The van der Waals surface area contributed by atoms with Crippen molar-refractivity contribution >= 4 is 40.5 Å². The van der Waals surface area contributed by atoms with Crippen LogP contribution >= 0.6 is 11.6 Å². The average Bonchev–Trinajstić information content (AvgIpc) is 2.80. The largest absolute Gasteiger partial charge is 0.368 e. The van der Waals surface area contributed by atoms with E-state index < -0.39 is 10.8 Å². The molecule has 1 aliphatic rings. The molecule has 0 spiro atoms. The summed E-state index contributed by atoms with van der Waals surface area (Å²) >= 11 is 6.01. The molecule has 158 valence electrons. The van der Waals surface area contributed by atoms with Gasteiger partial charge < -0.3 is 15.1 Å². The molecule has 0 bridgehead atoms. The fourth-order valence-corrected chi connectivity index (χ4v) is 3.61. The van der Waals surface area contributed by atoms with Gasteiger partial charge in [0.25, 0.3) is 11.6 Å². The van der Waals surface area contributed by atoms with Gasteiger partial charge in [0.05, 0.1) is 33.6 Å². The predicted octanol–water partition coefficient (Wildman–Crippen LogP) is 3.62. The van der Waals surface area contributed by atoms with Crippen molar-refractivity contribution in [2.45, 2.75) is 0 Å². The van der Waals surface area contributed by atoms with Gasteiger partial charge in [0.1, 0.15) is 0 Å². The van der Waals surface area contributed by atoms with Crippen LogP contribution in [0.3, 0.4) is 0 Å². The summed E-state index contributed by atoms with van der Waals surface area (Å²) in [5.41, 5.74) is 1.56. The number of piperazine rings is 1. The molecule has 0 unspecified atom stereocenters. The van der Waals surface area contributed by atoms with Crippen LogP contribution in [0.4, 0.5) is 23.0 Å². The molecule has 1 amide bonds. The first-order chi connectivity index (χ1) is 15.0. The number of halogens is 1. The van der Waals surface area contributed by atoms with Gasteiger partial charge >= 0.3 is 0 Å². The van der Waals surface area contributed by atoms with Gasteiger partial charge in [-0.05, 0) is 18.2 Å². The Morgan fingerprint density at radius 3 is 2.26 bits per heavy atom. The minimum atomic E-state index is -0.570. The van der Waals surface area contributed by atoms with E-state index in [9.17, 15) is 14.9 Å². The predicted molar refractivity (Wildman–Crippen MR) is 119 cm³/mol. The number of non-ortho nitro benzene ring substituents is 1. The fraction of sp³-hybridized carbons (Fsp3) is 0.190. The number of nitrogens with zero attached hydrogens (tertiary/aromatic N) is 5. The third-order valence-corrected chi connectivity index (χ3v) is 5.30. The second-order valence-corrected chi connectivity index (χ2v) is 7.36. The van der Waals surface area contributed by atoms with Crippen LogP contribution < -0.4 is 15.1 Å². The molecule has 4 rings (SSSR count). The standard InChI is InChI=1S/C21H19ClN6O3/c22-19-12-17(28(30)31)6-7-18(19)20(29)25-15-13-23-21(24-14-15)27-10-8-26(9-11-27)16-4-2-1-3-5-16/h1-7,12-14H,8-11H2,(H,25,29). The number of para-hydroxylation sites is 1. The van der Waals surface area contributed by atoms with E-state index in [1.54, 1.807) is 0 Å². The van der Waals surface area contributed by atoms with E-state index in [4.69, 9.17) is 11.6 Å². The Labute approximate surface area is 183 Å². The summed E-state index contributed by atoms with van der Waals surface area (Å²) in [6.07, 6.45) is 3.06. The fourth-order valence-electron chi connectivity index (χ4n) is 3.35. The zero-order valence-corrected chi connectivity index (χ0v) is 17.2. The molecule has 9 nitrogen and oxygen atoms in total. The van der Waals surface area contributed by atoms with Crippen molar-refractivity contribution in [2.75, 3.05) is 41.3 Å². The summed E-state index contributed by atoms with van der Waals surface area (Å²) in [6.45, 7) is 3.31. The maximum absolute atomic E-state index is 12.4. The number of hydrogen-bond acceptors (Lipinski definition) is 7. The van der Waals surface area contributed by atoms with Gasteiger partial charge in [-0.25, -0.2) is 9.97 Å². The molecule has 0 atom stereocenters. The van der Waals surface area contributed by atoms with Crippen molar-refractivity contribution in [3.05, 3.63) is 81.6 Å². The van der Waals surface area contributed by atoms with Crippen LogP contribution in [0.5, 0.6) is 0 Å². The van der Waals surface area contributed by atoms with Crippen molar-refractivity contribution in [1.29, 1.82) is 0 Å². The quantitative estimate of drug-likeness (QED) is 0.479. The second-order valence-electron chi connectivity index (χ2n) is 6.96. The number of anilines is 3. The molecule has 1 fully saturated rings. The maximum Gasteiger partial charge on any atom is 0.270 e. The molecule has 1 aliphatic heterocycles. The Morgan fingerprint density at radius 1 is 1.00 bits per heavy atom. The number of benzene rings is 2. The minimum absolute atomic E-state index is 0.000487. The highest BCUT2D eigenvalue weighted by molar-refractivity contribution is 6.34. The summed E-state index contributed by atoms with van der Waals surface area (Å²) < 4.78 is 0. The number of aromatic nitrogens is 2. The molecule has 1 aromatic heterocycles. The highest BCUT2D eigenvalue weighted by Crippen LogP contribution is 2.24. The van der Waals surface area contributed by atoms with Crippen molar-refractivity contribution in [3.63, 3.8) is 0 Å². The average molecular weight is 439 g/mol. The lowest BCUT2D eigenvalue weighted by Gasteiger charge is -2.36. The van der Waals surface area contributed by atoms with Gasteiger partial charge in [0.15, 0.2) is 0 Å². The molecule has 2 heterocycles. The highest BCUT2D eigenvalue weighted by Gasteiger charge is 2.20. The topological polar surface area (TPSA) is 104 Å². The first-order valence-electron chi connectivity index (χ1n) is 9.63. The van der Waals surface area contributed by atoms with Gasteiger partial charge in [-0.2, -0.15) is 0 Å². The number of carbonyl (C=O) groups is 1. The van der Waals surface area contributed by atoms with Gasteiger partial charge in [0, 0.05) is 44.0 Å². The normalized spacial score (nSPS) is 13.7. The van der Waals surface area contributed by atoms with E-state index in [0.29, 0.717) is 11.6 Å². The van der Waals surface area contributed by atoms with Gasteiger partial charge in [-0.1, -0.05) is 29.8 Å². The minimum Gasteiger partial charge on any atom is -0.368 e. The summed E-state index contributed by atoms with van der Waals surface area (Å²) in [5, 5.41) is 13.5. The number of nitro benzene ring substituents is 1. The monoisotopic (exact) mass is 438 g/mol. The Balaban J connectivity index is 1.36. The first-order valence-corrected chi connectivity index (χ1v) is 10.0. The van der Waals surface area contributed by atoms with E-state index in [1.165, 1.54) is 30.2 Å². The summed E-state index contributed by atoms with van der Waals surface area (Å²) in [5.74, 6) is 0.104. The molecular weight excluding hydrogens is 420 g/mol. The molecule has 31 heavy (non-hydrogen) atoms. The lowest BCUT2D eigenvalue weighted by Crippen LogP contribution is -2.47. The number of nitrogens with one attached hydrogen (secondary N) is 1. The second kappa shape index (κ2) is 8.97. The van der Waals surface area contributed by atoms with Gasteiger partial charge in [0.2, 0.25) is 5.95 Å². The van der Waals surface area contributed by atoms with Crippen molar-refractivity contribution < 1.29 is 9.72 Å². The molecule has 3 aromatic rings. The molecular formula is C21H19ClN6O3. The Kier molecular flexibility index (Phi) is 5.94. The molecule has 0 saturated carbocycles. The summed E-state index contributed by atoms with van der Waals surface area (Å²) in [6, 6.07) is 14.0. The van der Waals surface area contributed by atoms with Crippen molar-refractivity contribution in [1.82, 2.24) is 9.97 Å². The number of nitro groups is 1. The Hall–Kier alpha value is -3.72. The third kappa shape index (κ3) is 4.72. The third-order valence-electron chi connectivity index (χ3n) is 4.99. The van der Waals surface area contributed by atoms with Crippen LogP contribution in [0.25, 0.3) is 0 Å². The lowest BCUT2D eigenvalue weighted by atomic mass is 10.2. The van der Waals surface area contributed by atoms with Crippen LogP contribution in [-0.2, 0) is 0 Å². The van der Waals surface area contributed by atoms with Gasteiger partial charge in [-0.3, -0.25) is 14.9 Å². The zero-order valence-electron chi connectivity index (χ0n) is 16.4. The number of hydrogen-bond donors (Lipinski definition) is 1. The number of amides is 1. The van der Waals surface area contributed by atoms with Crippen LogP contribution in [0.15, 0.2) is 60.9 Å². The van der Waals surface area contributed by atoms with E-state index in [-0.39, 0.29) is 16.3 Å². The summed E-state index contributed by atoms with van der Waals surface area (Å²) in [7, 11) is 0. The highest BCUT2D eigenvalue weighted by atomic mass is 35.5. The van der Waals surface area contributed by atoms with Gasteiger partial charge in [-0.15, -0.1) is 0 Å².